The molecule has 0 heterocycles. The SMILES string of the molecule is C[SiH](C)O[Si](C)(C)[SiH2]S[SiH2]O[SiH3]. The van der Waals surface area contributed by atoms with E-state index in [4.69, 9.17) is 8.23 Å². The van der Waals surface area contributed by atoms with E-state index in [1.165, 1.54) is 0 Å². The van der Waals surface area contributed by atoms with Gasteiger partial charge in [0.2, 0.25) is 8.91 Å². The van der Waals surface area contributed by atoms with Gasteiger partial charge in [0.1, 0.15) is 18.7 Å². The minimum absolute atomic E-state index is 0.0125. The van der Waals surface area contributed by atoms with E-state index in [0.717, 1.165) is 10.5 Å². The Bertz CT molecular complexity index is 122. The van der Waals surface area contributed by atoms with Crippen LogP contribution in [-0.2, 0) is 8.23 Å². The van der Waals surface area contributed by atoms with Gasteiger partial charge >= 0.3 is 0 Å². The topological polar surface area (TPSA) is 18.5 Å². The predicted molar refractivity (Wildman–Crippen MR) is 73.1 cm³/mol. The Morgan fingerprint density at radius 1 is 1.42 bits per heavy atom. The van der Waals surface area contributed by atoms with Gasteiger partial charge in [-0.3, -0.25) is 0 Å². The fourth-order valence-electron chi connectivity index (χ4n) is 1.04. The van der Waals surface area contributed by atoms with Crippen molar-refractivity contribution in [2.75, 3.05) is 0 Å². The average Bonchev–Trinajstić information content (AvgIpc) is 1.84. The molecule has 0 amide bonds. The Balaban J connectivity index is 3.56. The highest BCUT2D eigenvalue weighted by atomic mass is 32.5. The summed E-state index contributed by atoms with van der Waals surface area (Å²) in [6, 6.07) is 0. The summed E-state index contributed by atoms with van der Waals surface area (Å²) < 4.78 is 11.4. The first-order valence-electron chi connectivity index (χ1n) is 4.22. The third kappa shape index (κ3) is 7.98. The van der Waals surface area contributed by atoms with Crippen LogP contribution < -0.4 is 0 Å². The Morgan fingerprint density at radius 2 is 2.00 bits per heavy atom. The molecule has 0 spiro atoms. The van der Waals surface area contributed by atoms with Gasteiger partial charge in [0.05, 0.1) is 0 Å². The summed E-state index contributed by atoms with van der Waals surface area (Å²) in [6.07, 6.45) is 0. The molecule has 0 bridgehead atoms. The summed E-state index contributed by atoms with van der Waals surface area (Å²) in [7, 11) is 0.966. The van der Waals surface area contributed by atoms with Crippen LogP contribution in [0.5, 0.6) is 0 Å². The molecule has 0 aliphatic heterocycles. The molecule has 0 saturated heterocycles. The minimum atomic E-state index is -1.17. The van der Waals surface area contributed by atoms with Crippen LogP contribution in [0, 0.1) is 0 Å². The van der Waals surface area contributed by atoms with E-state index in [-0.39, 0.29) is 17.1 Å². The first kappa shape index (κ1) is 13.4. The molecule has 0 rings (SSSR count). The van der Waals surface area contributed by atoms with Crippen LogP contribution in [0.25, 0.3) is 0 Å². The van der Waals surface area contributed by atoms with Gasteiger partial charge < -0.3 is 8.23 Å². The molecule has 0 radical (unpaired) electrons. The molecular weight excluding hydrogens is 253 g/mol. The van der Waals surface area contributed by atoms with Crippen molar-refractivity contribution in [3.05, 3.63) is 0 Å². The monoisotopic (exact) mass is 272 g/mol. The van der Waals surface area contributed by atoms with Gasteiger partial charge in [0, 0.05) is 0 Å². The second kappa shape index (κ2) is 6.76. The van der Waals surface area contributed by atoms with Crippen molar-refractivity contribution in [2.45, 2.75) is 26.2 Å². The van der Waals surface area contributed by atoms with Crippen LogP contribution in [0.15, 0.2) is 0 Å². The maximum Gasteiger partial charge on any atom is 0.203 e. The molecule has 0 aromatic carbocycles. The lowest BCUT2D eigenvalue weighted by atomic mass is 11.9. The zero-order chi connectivity index (χ0) is 9.61. The zero-order valence-corrected chi connectivity index (χ0v) is 16.5. The molecule has 0 aliphatic carbocycles. The maximum atomic E-state index is 6.08. The van der Waals surface area contributed by atoms with E-state index in [1.807, 2.05) is 0 Å². The summed E-state index contributed by atoms with van der Waals surface area (Å²) in [5.74, 6) is 0. The number of hydrogen-bond donors (Lipinski definition) is 0. The maximum absolute atomic E-state index is 6.08. The minimum Gasteiger partial charge on any atom is -0.461 e. The Kier molecular flexibility index (Phi) is 7.52. The Hall–Kier alpha value is 1.35. The molecule has 0 N–H and O–H groups in total. The van der Waals surface area contributed by atoms with E-state index < -0.39 is 16.9 Å². The van der Waals surface area contributed by atoms with Crippen LogP contribution in [0.4, 0.5) is 0 Å². The van der Waals surface area contributed by atoms with Gasteiger partial charge in [-0.05, 0) is 26.2 Å². The lowest BCUT2D eigenvalue weighted by Crippen LogP contribution is -2.41. The lowest BCUT2D eigenvalue weighted by molar-refractivity contribution is 0.598. The third-order valence-corrected chi connectivity index (χ3v) is 29.6. The summed E-state index contributed by atoms with van der Waals surface area (Å²) >= 11 is 0. The van der Waals surface area contributed by atoms with Crippen molar-refractivity contribution in [2.24, 2.45) is 0 Å². The van der Waals surface area contributed by atoms with Gasteiger partial charge in [-0.1, -0.05) is 0 Å². The average molecular weight is 273 g/mol. The number of hydrogen-bond acceptors (Lipinski definition) is 3. The summed E-state index contributed by atoms with van der Waals surface area (Å²) in [5, 5.41) is 0. The molecule has 0 fully saturated rings. The molecule has 0 aliphatic rings. The highest BCUT2D eigenvalue weighted by Crippen LogP contribution is 2.10. The van der Waals surface area contributed by atoms with Crippen LogP contribution in [0.1, 0.15) is 0 Å². The summed E-state index contributed by atoms with van der Waals surface area (Å²) in [6.45, 7) is 9.30. The van der Waals surface area contributed by atoms with E-state index in [0.29, 0.717) is 0 Å². The smallest absolute Gasteiger partial charge is 0.203 e. The van der Waals surface area contributed by atoms with Gasteiger partial charge in [0.25, 0.3) is 0 Å². The summed E-state index contributed by atoms with van der Waals surface area (Å²) in [4.78, 5) is 0. The largest absolute Gasteiger partial charge is 0.461 e. The van der Waals surface area contributed by atoms with Gasteiger partial charge in [-0.2, -0.15) is 10.7 Å². The van der Waals surface area contributed by atoms with Crippen molar-refractivity contribution in [1.29, 1.82) is 0 Å². The van der Waals surface area contributed by atoms with Crippen LogP contribution in [0.2, 0.25) is 26.2 Å². The van der Waals surface area contributed by atoms with Crippen LogP contribution >= 0.6 is 10.7 Å². The van der Waals surface area contributed by atoms with E-state index >= 15 is 0 Å². The molecule has 0 atom stereocenters. The second-order valence-electron chi connectivity index (χ2n) is 3.68. The molecule has 74 valence electrons. The fourth-order valence-corrected chi connectivity index (χ4v) is 41.5. The molecule has 12 heavy (non-hydrogen) atoms. The molecule has 0 aromatic rings. The van der Waals surface area contributed by atoms with Gasteiger partial charge in [0.15, 0.2) is 16.9 Å². The molecule has 0 unspecified atom stereocenters. The van der Waals surface area contributed by atoms with Crippen molar-refractivity contribution >= 4 is 55.1 Å². The lowest BCUT2D eigenvalue weighted by Gasteiger charge is -2.24. The van der Waals surface area contributed by atoms with Gasteiger partial charge in [-0.25, -0.2) is 0 Å². The van der Waals surface area contributed by atoms with E-state index in [1.54, 1.807) is 0 Å². The summed E-state index contributed by atoms with van der Waals surface area (Å²) in [5.41, 5.74) is 0. The first-order chi connectivity index (χ1) is 5.48. The van der Waals surface area contributed by atoms with Gasteiger partial charge in [-0.15, -0.1) is 0 Å². The zero-order valence-electron chi connectivity index (χ0n) is 8.72. The fraction of sp³-hybridized carbons (Fsp3) is 1.00. The molecule has 0 saturated carbocycles. The predicted octanol–water partition coefficient (Wildman–Crippen LogP) is -1.20. The van der Waals surface area contributed by atoms with Crippen LogP contribution in [0.3, 0.4) is 0 Å². The molecule has 2 nitrogen and oxygen atoms in total. The normalized spacial score (nSPS) is 14.8. The first-order valence-corrected chi connectivity index (χ1v) is 18.3. The van der Waals surface area contributed by atoms with E-state index in [9.17, 15) is 0 Å². The van der Waals surface area contributed by atoms with Crippen LogP contribution in [-0.4, -0.2) is 44.5 Å². The standard InChI is InChI=1S/C4H20O2SSi5/c1-11(2)6-12(3,4)10-7-9-5-8/h11H,9-10H2,1-4,8H3. The van der Waals surface area contributed by atoms with Crippen molar-refractivity contribution < 1.29 is 8.23 Å². The molecule has 8 heteroatoms. The van der Waals surface area contributed by atoms with Crippen molar-refractivity contribution in [3.8, 4) is 0 Å². The van der Waals surface area contributed by atoms with Crippen molar-refractivity contribution in [3.63, 3.8) is 0 Å². The van der Waals surface area contributed by atoms with E-state index in [2.05, 4.69) is 36.8 Å². The molecular formula is C4H20O2SSi5. The Labute approximate surface area is 89.4 Å². The highest BCUT2D eigenvalue weighted by Gasteiger charge is 2.23. The second-order valence-corrected chi connectivity index (χ2v) is 27.7. The van der Waals surface area contributed by atoms with Crippen molar-refractivity contribution in [1.82, 2.24) is 0 Å². The third-order valence-electron chi connectivity index (χ3n) is 1.21. The molecule has 0 aromatic heterocycles. The Morgan fingerprint density at radius 3 is 2.42 bits per heavy atom. The number of rotatable bonds is 6. The quantitative estimate of drug-likeness (QED) is 0.447. The highest BCUT2D eigenvalue weighted by molar-refractivity contribution is 8.44.